The fourth-order valence-electron chi connectivity index (χ4n) is 3.18. The van der Waals surface area contributed by atoms with Crippen LogP contribution in [-0.4, -0.2) is 46.9 Å². The van der Waals surface area contributed by atoms with Crippen molar-refractivity contribution >= 4 is 5.91 Å². The third-order valence-corrected chi connectivity index (χ3v) is 4.59. The van der Waals surface area contributed by atoms with E-state index < -0.39 is 0 Å². The number of hydrogen-bond donors (Lipinski definition) is 0. The minimum atomic E-state index is 0.278. The number of amides is 1. The Kier molecular flexibility index (Phi) is 5.59. The summed E-state index contributed by atoms with van der Waals surface area (Å²) in [6.45, 7) is 6.58. The van der Waals surface area contributed by atoms with E-state index >= 15 is 0 Å². The topological polar surface area (TPSA) is 36.4 Å². The molecule has 1 aromatic heterocycles. The first-order valence-corrected chi connectivity index (χ1v) is 8.65. The first-order valence-electron chi connectivity index (χ1n) is 8.65. The number of pyridine rings is 1. The third-order valence-electron chi connectivity index (χ3n) is 4.59. The molecule has 1 fully saturated rings. The molecule has 3 rings (SSSR count). The second kappa shape index (κ2) is 8.06. The summed E-state index contributed by atoms with van der Waals surface area (Å²) in [5.41, 5.74) is 3.79. The quantitative estimate of drug-likeness (QED) is 0.849. The van der Waals surface area contributed by atoms with Crippen LogP contribution in [-0.2, 0) is 17.8 Å². The van der Waals surface area contributed by atoms with Gasteiger partial charge in [-0.05, 0) is 36.6 Å². The number of rotatable bonds is 5. The maximum Gasteiger partial charge on any atom is 0.222 e. The summed E-state index contributed by atoms with van der Waals surface area (Å²) in [4.78, 5) is 20.9. The lowest BCUT2D eigenvalue weighted by Gasteiger charge is -2.34. The minimum absolute atomic E-state index is 0.278. The molecule has 0 aliphatic carbocycles. The maximum atomic E-state index is 12.4. The Hall–Kier alpha value is -2.20. The van der Waals surface area contributed by atoms with Gasteiger partial charge in [0.25, 0.3) is 0 Å². The minimum Gasteiger partial charge on any atom is -0.340 e. The Morgan fingerprint density at radius 3 is 2.50 bits per heavy atom. The number of carbonyl (C=O) groups excluding carboxylic acids is 1. The Morgan fingerprint density at radius 1 is 1.04 bits per heavy atom. The van der Waals surface area contributed by atoms with Crippen LogP contribution in [0.15, 0.2) is 48.8 Å². The van der Waals surface area contributed by atoms with E-state index in [1.54, 1.807) is 0 Å². The van der Waals surface area contributed by atoms with Gasteiger partial charge in [0.2, 0.25) is 5.91 Å². The number of benzene rings is 1. The molecule has 126 valence electrons. The number of piperazine rings is 1. The number of aryl methyl sites for hydroxylation is 2. The first-order chi connectivity index (χ1) is 11.7. The zero-order chi connectivity index (χ0) is 16.8. The summed E-state index contributed by atoms with van der Waals surface area (Å²) in [5, 5.41) is 0. The Bertz CT molecular complexity index is 664. The van der Waals surface area contributed by atoms with Crippen molar-refractivity contribution in [3.63, 3.8) is 0 Å². The molecule has 2 heterocycles. The highest BCUT2D eigenvalue weighted by Gasteiger charge is 2.20. The molecule has 4 nitrogen and oxygen atoms in total. The predicted molar refractivity (Wildman–Crippen MR) is 95.6 cm³/mol. The van der Waals surface area contributed by atoms with Crippen LogP contribution in [0.1, 0.15) is 23.1 Å². The molecule has 2 aromatic rings. The molecule has 0 radical (unpaired) electrons. The van der Waals surface area contributed by atoms with Gasteiger partial charge >= 0.3 is 0 Å². The highest BCUT2D eigenvalue weighted by atomic mass is 16.2. The summed E-state index contributed by atoms with van der Waals surface area (Å²) in [5.74, 6) is 0.278. The van der Waals surface area contributed by atoms with Gasteiger partial charge in [-0.3, -0.25) is 14.7 Å². The van der Waals surface area contributed by atoms with Gasteiger partial charge < -0.3 is 4.90 Å². The zero-order valence-electron chi connectivity index (χ0n) is 14.3. The predicted octanol–water partition coefficient (Wildman–Crippen LogP) is 2.67. The van der Waals surface area contributed by atoms with E-state index in [-0.39, 0.29) is 5.91 Å². The highest BCUT2D eigenvalue weighted by molar-refractivity contribution is 5.76. The van der Waals surface area contributed by atoms with E-state index in [1.165, 1.54) is 16.7 Å². The molecule has 0 atom stereocenters. The number of carbonyl (C=O) groups is 1. The monoisotopic (exact) mass is 323 g/mol. The molecular formula is C20H25N3O. The SMILES string of the molecule is Cc1cccc(CCC(=O)N2CCN(Cc3ccncc3)CC2)c1. The van der Waals surface area contributed by atoms with E-state index in [1.807, 2.05) is 17.3 Å². The molecule has 0 spiro atoms. The summed E-state index contributed by atoms with van der Waals surface area (Å²) in [6.07, 6.45) is 5.10. The van der Waals surface area contributed by atoms with E-state index in [4.69, 9.17) is 0 Å². The van der Waals surface area contributed by atoms with Crippen LogP contribution in [0.25, 0.3) is 0 Å². The Balaban J connectivity index is 1.43. The van der Waals surface area contributed by atoms with Crippen molar-refractivity contribution in [2.75, 3.05) is 26.2 Å². The fourth-order valence-corrected chi connectivity index (χ4v) is 3.18. The molecule has 1 amide bonds. The van der Waals surface area contributed by atoms with E-state index in [0.29, 0.717) is 6.42 Å². The van der Waals surface area contributed by atoms with Crippen molar-refractivity contribution in [2.45, 2.75) is 26.3 Å². The van der Waals surface area contributed by atoms with Crippen molar-refractivity contribution < 1.29 is 4.79 Å². The standard InChI is InChI=1S/C20H25N3O/c1-17-3-2-4-18(15-17)5-6-20(24)23-13-11-22(12-14-23)16-19-7-9-21-10-8-19/h2-4,7-10,15H,5-6,11-14,16H2,1H3. The fraction of sp³-hybridized carbons (Fsp3) is 0.400. The smallest absolute Gasteiger partial charge is 0.222 e. The summed E-state index contributed by atoms with van der Waals surface area (Å²) >= 11 is 0. The van der Waals surface area contributed by atoms with Gasteiger partial charge in [0.1, 0.15) is 0 Å². The van der Waals surface area contributed by atoms with Gasteiger partial charge in [-0.2, -0.15) is 0 Å². The highest BCUT2D eigenvalue weighted by Crippen LogP contribution is 2.11. The Labute approximate surface area is 144 Å². The Morgan fingerprint density at radius 2 is 1.79 bits per heavy atom. The number of hydrogen-bond acceptors (Lipinski definition) is 3. The van der Waals surface area contributed by atoms with E-state index in [9.17, 15) is 4.79 Å². The molecule has 0 unspecified atom stereocenters. The van der Waals surface area contributed by atoms with Crippen molar-refractivity contribution in [2.24, 2.45) is 0 Å². The second-order valence-corrected chi connectivity index (χ2v) is 6.50. The third kappa shape index (κ3) is 4.65. The summed E-state index contributed by atoms with van der Waals surface area (Å²) in [7, 11) is 0. The van der Waals surface area contributed by atoms with Crippen LogP contribution < -0.4 is 0 Å². The molecule has 24 heavy (non-hydrogen) atoms. The van der Waals surface area contributed by atoms with Crippen LogP contribution >= 0.6 is 0 Å². The number of nitrogens with zero attached hydrogens (tertiary/aromatic N) is 3. The van der Waals surface area contributed by atoms with Crippen molar-refractivity contribution in [1.29, 1.82) is 0 Å². The van der Waals surface area contributed by atoms with Crippen LogP contribution in [0, 0.1) is 6.92 Å². The van der Waals surface area contributed by atoms with Gasteiger partial charge in [0, 0.05) is 51.5 Å². The molecule has 4 heteroatoms. The van der Waals surface area contributed by atoms with Crippen LogP contribution in [0.4, 0.5) is 0 Å². The van der Waals surface area contributed by atoms with Crippen molar-refractivity contribution in [3.8, 4) is 0 Å². The molecule has 0 saturated carbocycles. The lowest BCUT2D eigenvalue weighted by atomic mass is 10.1. The molecule has 1 aliphatic heterocycles. The molecule has 1 saturated heterocycles. The molecular weight excluding hydrogens is 298 g/mol. The van der Waals surface area contributed by atoms with E-state index in [2.05, 4.69) is 53.2 Å². The van der Waals surface area contributed by atoms with Crippen LogP contribution in [0.3, 0.4) is 0 Å². The van der Waals surface area contributed by atoms with Crippen molar-refractivity contribution in [1.82, 2.24) is 14.8 Å². The van der Waals surface area contributed by atoms with Gasteiger partial charge in [0.15, 0.2) is 0 Å². The first kappa shape index (κ1) is 16.7. The zero-order valence-corrected chi connectivity index (χ0v) is 14.3. The van der Waals surface area contributed by atoms with Crippen molar-refractivity contribution in [3.05, 3.63) is 65.5 Å². The molecule has 0 N–H and O–H groups in total. The summed E-state index contributed by atoms with van der Waals surface area (Å²) < 4.78 is 0. The van der Waals surface area contributed by atoms with Crippen LogP contribution in [0.2, 0.25) is 0 Å². The molecule has 0 bridgehead atoms. The van der Waals surface area contributed by atoms with Gasteiger partial charge in [-0.25, -0.2) is 0 Å². The molecule has 1 aromatic carbocycles. The lowest BCUT2D eigenvalue weighted by molar-refractivity contribution is -0.133. The maximum absolute atomic E-state index is 12.4. The van der Waals surface area contributed by atoms with E-state index in [0.717, 1.165) is 39.1 Å². The average Bonchev–Trinajstić information content (AvgIpc) is 2.61. The van der Waals surface area contributed by atoms with Gasteiger partial charge in [-0.15, -0.1) is 0 Å². The lowest BCUT2D eigenvalue weighted by Crippen LogP contribution is -2.48. The van der Waals surface area contributed by atoms with Crippen LogP contribution in [0.5, 0.6) is 0 Å². The largest absolute Gasteiger partial charge is 0.340 e. The average molecular weight is 323 g/mol. The normalized spacial score (nSPS) is 15.5. The number of aromatic nitrogens is 1. The van der Waals surface area contributed by atoms with Gasteiger partial charge in [-0.1, -0.05) is 29.8 Å². The second-order valence-electron chi connectivity index (χ2n) is 6.50. The molecule has 1 aliphatic rings. The summed E-state index contributed by atoms with van der Waals surface area (Å²) in [6, 6.07) is 12.5. The van der Waals surface area contributed by atoms with Gasteiger partial charge in [0.05, 0.1) is 0 Å².